The van der Waals surface area contributed by atoms with E-state index in [0.29, 0.717) is 0 Å². The third-order valence-corrected chi connectivity index (χ3v) is 2.20. The zero-order chi connectivity index (χ0) is 7.68. The Morgan fingerprint density at radius 2 is 2.09 bits per heavy atom. The molecule has 2 rings (SSSR count). The molecule has 0 spiro atoms. The molecule has 0 saturated heterocycles. The zero-order valence-corrected chi connectivity index (χ0v) is 6.86. The number of thiocarbonyl (C=S) groups is 1. The Kier molecular flexibility index (Phi) is 1.62. The smallest absolute Gasteiger partial charge is 0.127 e. The van der Waals surface area contributed by atoms with Crippen LogP contribution in [0.4, 0.5) is 0 Å². The van der Waals surface area contributed by atoms with E-state index >= 15 is 0 Å². The normalized spacial score (nSPS) is 15.5. The predicted molar refractivity (Wildman–Crippen MR) is 48.3 cm³/mol. The van der Waals surface area contributed by atoms with Gasteiger partial charge in [0, 0.05) is 16.8 Å². The Hall–Kier alpha value is -0.890. The van der Waals surface area contributed by atoms with Gasteiger partial charge in [-0.15, -0.1) is 0 Å². The maximum atomic E-state index is 5.41. The fraction of sp³-hybridized carbons (Fsp3) is 0.222. The van der Waals surface area contributed by atoms with Crippen LogP contribution in [0.5, 0.6) is 5.75 Å². The Bertz CT molecular complexity index is 293. The van der Waals surface area contributed by atoms with Crippen molar-refractivity contribution in [2.24, 2.45) is 0 Å². The quantitative estimate of drug-likeness (QED) is 0.543. The standard InChI is InChI=1S/C9H8OS/c11-9-5-6-10-8-4-2-1-3-7(8)9/h1-4H,5-6H2. The first-order valence-electron chi connectivity index (χ1n) is 3.63. The SMILES string of the molecule is S=C1CCOc2ccccc21. The second-order valence-corrected chi connectivity index (χ2v) is 3.01. The van der Waals surface area contributed by atoms with Crippen LogP contribution >= 0.6 is 12.2 Å². The molecule has 11 heavy (non-hydrogen) atoms. The molecular formula is C9H8OS. The van der Waals surface area contributed by atoms with Crippen LogP contribution in [0.2, 0.25) is 0 Å². The summed E-state index contributed by atoms with van der Waals surface area (Å²) in [6.45, 7) is 0.732. The summed E-state index contributed by atoms with van der Waals surface area (Å²) in [5.74, 6) is 0.934. The van der Waals surface area contributed by atoms with Crippen molar-refractivity contribution in [3.63, 3.8) is 0 Å². The van der Waals surface area contributed by atoms with Crippen LogP contribution in [0.15, 0.2) is 24.3 Å². The zero-order valence-electron chi connectivity index (χ0n) is 6.04. The Labute approximate surface area is 71.0 Å². The molecule has 0 aromatic heterocycles. The van der Waals surface area contributed by atoms with Crippen molar-refractivity contribution in [2.45, 2.75) is 6.42 Å². The summed E-state index contributed by atoms with van der Waals surface area (Å²) < 4.78 is 5.41. The van der Waals surface area contributed by atoms with Crippen LogP contribution in [0, 0.1) is 0 Å². The largest absolute Gasteiger partial charge is 0.493 e. The number of fused-ring (bicyclic) bond motifs is 1. The average molecular weight is 164 g/mol. The van der Waals surface area contributed by atoms with E-state index in [1.807, 2.05) is 24.3 Å². The van der Waals surface area contributed by atoms with E-state index in [1.54, 1.807) is 0 Å². The van der Waals surface area contributed by atoms with Gasteiger partial charge in [-0.25, -0.2) is 0 Å². The Morgan fingerprint density at radius 3 is 2.91 bits per heavy atom. The van der Waals surface area contributed by atoms with E-state index in [9.17, 15) is 0 Å². The maximum Gasteiger partial charge on any atom is 0.127 e. The fourth-order valence-electron chi connectivity index (χ4n) is 1.21. The number of hydrogen-bond donors (Lipinski definition) is 0. The molecule has 1 aromatic carbocycles. The van der Waals surface area contributed by atoms with Gasteiger partial charge >= 0.3 is 0 Å². The molecule has 56 valence electrons. The lowest BCUT2D eigenvalue weighted by atomic mass is 10.1. The van der Waals surface area contributed by atoms with Crippen LogP contribution in [0.1, 0.15) is 12.0 Å². The lowest BCUT2D eigenvalue weighted by Gasteiger charge is -2.17. The minimum Gasteiger partial charge on any atom is -0.493 e. The molecule has 0 atom stereocenters. The van der Waals surface area contributed by atoms with Gasteiger partial charge in [-0.3, -0.25) is 0 Å². The van der Waals surface area contributed by atoms with Crippen molar-refractivity contribution < 1.29 is 4.74 Å². The van der Waals surface area contributed by atoms with Gasteiger partial charge in [-0.2, -0.15) is 0 Å². The van der Waals surface area contributed by atoms with E-state index in [1.165, 1.54) is 0 Å². The molecule has 0 radical (unpaired) electrons. The molecule has 0 N–H and O–H groups in total. The summed E-state index contributed by atoms with van der Waals surface area (Å²) in [5, 5.41) is 0. The summed E-state index contributed by atoms with van der Waals surface area (Å²) in [6.07, 6.45) is 0.881. The molecule has 0 aliphatic carbocycles. The molecule has 1 aliphatic rings. The minimum atomic E-state index is 0.732. The predicted octanol–water partition coefficient (Wildman–Crippen LogP) is 2.19. The van der Waals surface area contributed by atoms with Crippen molar-refractivity contribution in [3.05, 3.63) is 29.8 Å². The summed E-state index contributed by atoms with van der Waals surface area (Å²) in [7, 11) is 0. The minimum absolute atomic E-state index is 0.732. The summed E-state index contributed by atoms with van der Waals surface area (Å²) >= 11 is 5.18. The lowest BCUT2D eigenvalue weighted by Crippen LogP contribution is -2.13. The molecule has 0 fully saturated rings. The molecule has 0 saturated carbocycles. The Morgan fingerprint density at radius 1 is 1.27 bits per heavy atom. The summed E-state index contributed by atoms with van der Waals surface area (Å²) in [5.41, 5.74) is 1.09. The van der Waals surface area contributed by atoms with Gasteiger partial charge in [0.1, 0.15) is 5.75 Å². The average Bonchev–Trinajstić information content (AvgIpc) is 2.06. The molecular weight excluding hydrogens is 156 g/mol. The number of ether oxygens (including phenoxy) is 1. The monoisotopic (exact) mass is 164 g/mol. The van der Waals surface area contributed by atoms with Gasteiger partial charge in [0.15, 0.2) is 0 Å². The van der Waals surface area contributed by atoms with Crippen molar-refractivity contribution in [1.82, 2.24) is 0 Å². The molecule has 0 unspecified atom stereocenters. The fourth-order valence-corrected chi connectivity index (χ4v) is 1.46. The van der Waals surface area contributed by atoms with E-state index in [2.05, 4.69) is 0 Å². The van der Waals surface area contributed by atoms with Gasteiger partial charge in [0.05, 0.1) is 6.61 Å². The highest BCUT2D eigenvalue weighted by molar-refractivity contribution is 7.80. The molecule has 0 bridgehead atoms. The van der Waals surface area contributed by atoms with E-state index in [-0.39, 0.29) is 0 Å². The summed E-state index contributed by atoms with van der Waals surface area (Å²) in [6, 6.07) is 7.92. The van der Waals surface area contributed by atoms with Crippen LogP contribution in [0.3, 0.4) is 0 Å². The number of para-hydroxylation sites is 1. The van der Waals surface area contributed by atoms with Crippen LogP contribution < -0.4 is 4.74 Å². The number of benzene rings is 1. The van der Waals surface area contributed by atoms with Crippen molar-refractivity contribution in [2.75, 3.05) is 6.61 Å². The van der Waals surface area contributed by atoms with Gasteiger partial charge in [0.2, 0.25) is 0 Å². The number of hydrogen-bond acceptors (Lipinski definition) is 2. The topological polar surface area (TPSA) is 9.23 Å². The molecule has 2 heteroatoms. The van der Waals surface area contributed by atoms with E-state index < -0.39 is 0 Å². The van der Waals surface area contributed by atoms with Crippen LogP contribution in [-0.2, 0) is 0 Å². The maximum absolute atomic E-state index is 5.41. The molecule has 1 aliphatic heterocycles. The third-order valence-electron chi connectivity index (χ3n) is 1.77. The second kappa shape index (κ2) is 2.62. The third kappa shape index (κ3) is 1.14. The first-order valence-corrected chi connectivity index (χ1v) is 4.04. The molecule has 1 aromatic rings. The highest BCUT2D eigenvalue weighted by atomic mass is 32.1. The van der Waals surface area contributed by atoms with E-state index in [0.717, 1.165) is 29.2 Å². The molecule has 1 heterocycles. The Balaban J connectivity index is 2.52. The van der Waals surface area contributed by atoms with Gasteiger partial charge in [-0.05, 0) is 6.07 Å². The van der Waals surface area contributed by atoms with Gasteiger partial charge in [-0.1, -0.05) is 30.4 Å². The lowest BCUT2D eigenvalue weighted by molar-refractivity contribution is 0.321. The second-order valence-electron chi connectivity index (χ2n) is 2.52. The number of rotatable bonds is 0. The van der Waals surface area contributed by atoms with Crippen molar-refractivity contribution in [3.8, 4) is 5.75 Å². The molecule has 1 nitrogen and oxygen atoms in total. The first kappa shape index (κ1) is 6.80. The van der Waals surface area contributed by atoms with E-state index in [4.69, 9.17) is 17.0 Å². The van der Waals surface area contributed by atoms with Crippen LogP contribution in [-0.4, -0.2) is 11.5 Å². The highest BCUT2D eigenvalue weighted by Gasteiger charge is 2.12. The van der Waals surface area contributed by atoms with Gasteiger partial charge in [0.25, 0.3) is 0 Å². The van der Waals surface area contributed by atoms with Gasteiger partial charge < -0.3 is 4.74 Å². The molecule has 0 amide bonds. The van der Waals surface area contributed by atoms with Crippen molar-refractivity contribution in [1.29, 1.82) is 0 Å². The van der Waals surface area contributed by atoms with Crippen LogP contribution in [0.25, 0.3) is 0 Å². The first-order chi connectivity index (χ1) is 5.38. The summed E-state index contributed by atoms with van der Waals surface area (Å²) in [4.78, 5) is 1.02. The van der Waals surface area contributed by atoms with Crippen molar-refractivity contribution >= 4 is 17.1 Å². The highest BCUT2D eigenvalue weighted by Crippen LogP contribution is 2.23.